The monoisotopic (exact) mass is 792 g/mol. The topological polar surface area (TPSA) is 43.6 Å². The zero-order valence-electron chi connectivity index (χ0n) is 30.7. The molecule has 0 radical (unpaired) electrons. The fourth-order valence-corrected chi connectivity index (χ4v) is 12.5. The van der Waals surface area contributed by atoms with Crippen LogP contribution in [0.5, 0.6) is 0 Å². The van der Waals surface area contributed by atoms with Gasteiger partial charge in [-0.15, -0.1) is 34.0 Å². The predicted octanol–water partition coefficient (Wildman–Crippen LogP) is 15.1. The van der Waals surface area contributed by atoms with Crippen LogP contribution in [0.3, 0.4) is 0 Å². The molecule has 58 heavy (non-hydrogen) atoms. The number of benzene rings is 8. The lowest BCUT2D eigenvalue weighted by atomic mass is 10.0. The van der Waals surface area contributed by atoms with Crippen molar-refractivity contribution < 1.29 is 0 Å². The molecule has 0 bridgehead atoms. The van der Waals surface area contributed by atoms with Crippen molar-refractivity contribution in [3.05, 3.63) is 170 Å². The van der Waals surface area contributed by atoms with Crippen LogP contribution in [0.4, 0.5) is 0 Å². The van der Waals surface area contributed by atoms with Crippen molar-refractivity contribution in [2.45, 2.75) is 0 Å². The molecular formula is C51H28N4S3. The summed E-state index contributed by atoms with van der Waals surface area (Å²) in [7, 11) is 0. The van der Waals surface area contributed by atoms with Crippen LogP contribution in [0.15, 0.2) is 170 Å². The maximum atomic E-state index is 5.31. The zero-order chi connectivity index (χ0) is 37.9. The van der Waals surface area contributed by atoms with Gasteiger partial charge in [-0.25, -0.2) is 15.0 Å². The van der Waals surface area contributed by atoms with Crippen LogP contribution in [0.25, 0.3) is 122 Å². The molecule has 0 saturated heterocycles. The van der Waals surface area contributed by atoms with Crippen LogP contribution in [0.2, 0.25) is 0 Å². The minimum absolute atomic E-state index is 0.653. The highest BCUT2D eigenvalue weighted by atomic mass is 32.1. The summed E-state index contributed by atoms with van der Waals surface area (Å²) in [6.45, 7) is 0. The molecule has 0 atom stereocenters. The van der Waals surface area contributed by atoms with E-state index in [1.165, 1.54) is 82.3 Å². The van der Waals surface area contributed by atoms with Gasteiger partial charge in [-0.2, -0.15) is 0 Å². The largest absolute Gasteiger partial charge is 0.309 e. The second-order valence-corrected chi connectivity index (χ2v) is 17.9. The summed E-state index contributed by atoms with van der Waals surface area (Å²) in [6, 6.07) is 61.0. The third-order valence-corrected chi connectivity index (χ3v) is 15.0. The maximum absolute atomic E-state index is 5.31. The van der Waals surface area contributed by atoms with Gasteiger partial charge in [0.1, 0.15) is 0 Å². The van der Waals surface area contributed by atoms with Crippen LogP contribution in [-0.4, -0.2) is 19.5 Å². The molecule has 5 aromatic heterocycles. The van der Waals surface area contributed by atoms with E-state index < -0.39 is 0 Å². The Hall–Kier alpha value is -6.77. The van der Waals surface area contributed by atoms with Gasteiger partial charge in [0.25, 0.3) is 0 Å². The number of hydrogen-bond donors (Lipinski definition) is 0. The van der Waals surface area contributed by atoms with Crippen molar-refractivity contribution in [3.8, 4) is 39.9 Å². The molecule has 7 heteroatoms. The molecule has 8 aromatic carbocycles. The number of fused-ring (bicyclic) bond motifs is 13. The zero-order valence-corrected chi connectivity index (χ0v) is 33.1. The smallest absolute Gasteiger partial charge is 0.165 e. The van der Waals surface area contributed by atoms with Gasteiger partial charge >= 0.3 is 0 Å². The summed E-state index contributed by atoms with van der Waals surface area (Å²) in [5, 5.41) is 10.2. The minimum atomic E-state index is 0.653. The van der Waals surface area contributed by atoms with Crippen LogP contribution < -0.4 is 0 Å². The first-order chi connectivity index (χ1) is 28.7. The Morgan fingerprint density at radius 3 is 1.69 bits per heavy atom. The fourth-order valence-electron chi connectivity index (χ4n) is 8.82. The summed E-state index contributed by atoms with van der Waals surface area (Å²) < 4.78 is 10.1. The molecule has 0 unspecified atom stereocenters. The molecule has 0 spiro atoms. The molecule has 0 amide bonds. The van der Waals surface area contributed by atoms with Crippen LogP contribution >= 0.6 is 34.0 Å². The molecule has 0 saturated carbocycles. The van der Waals surface area contributed by atoms with E-state index >= 15 is 0 Å². The van der Waals surface area contributed by atoms with Crippen molar-refractivity contribution in [2.75, 3.05) is 0 Å². The van der Waals surface area contributed by atoms with E-state index in [-0.39, 0.29) is 0 Å². The molecule has 5 heterocycles. The van der Waals surface area contributed by atoms with E-state index in [0.717, 1.165) is 22.4 Å². The first-order valence-corrected chi connectivity index (χ1v) is 21.7. The lowest BCUT2D eigenvalue weighted by Crippen LogP contribution is -2.01. The van der Waals surface area contributed by atoms with Crippen molar-refractivity contribution in [3.63, 3.8) is 0 Å². The number of para-hydroxylation sites is 1. The number of rotatable bonds is 4. The summed E-state index contributed by atoms with van der Waals surface area (Å²) in [5.74, 6) is 1.96. The quantitative estimate of drug-likeness (QED) is 0.178. The Labute approximate surface area is 343 Å². The van der Waals surface area contributed by atoms with Crippen LogP contribution in [-0.2, 0) is 0 Å². The normalized spacial score (nSPS) is 12.1. The number of thiophene rings is 3. The Morgan fingerprint density at radius 2 is 0.948 bits per heavy atom. The van der Waals surface area contributed by atoms with Crippen molar-refractivity contribution in [2.24, 2.45) is 0 Å². The lowest BCUT2D eigenvalue weighted by molar-refractivity contribution is 1.07. The summed E-state index contributed by atoms with van der Waals surface area (Å²) in [5.41, 5.74) is 6.33. The number of hydrogen-bond acceptors (Lipinski definition) is 6. The van der Waals surface area contributed by atoms with E-state index in [4.69, 9.17) is 15.0 Å². The lowest BCUT2D eigenvalue weighted by Gasteiger charge is -2.13. The van der Waals surface area contributed by atoms with E-state index in [0.29, 0.717) is 17.5 Å². The van der Waals surface area contributed by atoms with Crippen molar-refractivity contribution in [1.82, 2.24) is 19.5 Å². The maximum Gasteiger partial charge on any atom is 0.165 e. The second kappa shape index (κ2) is 12.4. The van der Waals surface area contributed by atoms with Gasteiger partial charge in [-0.3, -0.25) is 0 Å². The molecule has 0 aliphatic heterocycles. The predicted molar refractivity (Wildman–Crippen MR) is 249 cm³/mol. The van der Waals surface area contributed by atoms with Gasteiger partial charge in [-0.1, -0.05) is 121 Å². The van der Waals surface area contributed by atoms with Gasteiger partial charge in [0.05, 0.1) is 11.0 Å². The molecule has 270 valence electrons. The Bertz CT molecular complexity index is 3740. The van der Waals surface area contributed by atoms with E-state index in [1.807, 2.05) is 70.4 Å². The average molecular weight is 793 g/mol. The third-order valence-electron chi connectivity index (χ3n) is 11.4. The van der Waals surface area contributed by atoms with Gasteiger partial charge in [-0.05, 0) is 48.5 Å². The Balaban J connectivity index is 1.18. The molecular weight excluding hydrogens is 765 g/mol. The van der Waals surface area contributed by atoms with Crippen LogP contribution in [0, 0.1) is 0 Å². The third kappa shape index (κ3) is 4.75. The number of aromatic nitrogens is 4. The summed E-state index contributed by atoms with van der Waals surface area (Å²) >= 11 is 5.57. The molecule has 4 nitrogen and oxygen atoms in total. The molecule has 13 aromatic rings. The van der Waals surface area contributed by atoms with E-state index in [1.54, 1.807) is 0 Å². The van der Waals surface area contributed by atoms with Gasteiger partial charge in [0, 0.05) is 93.7 Å². The molecule has 13 rings (SSSR count). The van der Waals surface area contributed by atoms with E-state index in [2.05, 4.69) is 138 Å². The highest BCUT2D eigenvalue weighted by Crippen LogP contribution is 2.48. The number of nitrogens with zero attached hydrogens (tertiary/aromatic N) is 4. The Morgan fingerprint density at radius 1 is 0.345 bits per heavy atom. The first-order valence-electron chi connectivity index (χ1n) is 19.3. The molecule has 0 aliphatic carbocycles. The highest BCUT2D eigenvalue weighted by molar-refractivity contribution is 7.30. The first kappa shape index (κ1) is 32.3. The second-order valence-electron chi connectivity index (χ2n) is 14.7. The van der Waals surface area contributed by atoms with Gasteiger partial charge < -0.3 is 4.57 Å². The van der Waals surface area contributed by atoms with E-state index in [9.17, 15) is 0 Å². The van der Waals surface area contributed by atoms with Crippen molar-refractivity contribution >= 4 is 116 Å². The standard InChI is InChI=1S/C51H28N4S3/c1-3-13-29(14-4-1)49-52-50(30-15-5-2-6-16-30)54-51(53-49)39-26-31(25-38-46-44(58-47(38)39)24-23-35-33-18-8-12-22-43(33)57-48(35)46)55-40-20-10-7-17-32(40)36-27-37-34-19-9-11-21-42(34)56-45(37)28-41(36)55/h1-28H. The van der Waals surface area contributed by atoms with Gasteiger partial charge in [0.2, 0.25) is 0 Å². The molecule has 0 fully saturated rings. The van der Waals surface area contributed by atoms with Gasteiger partial charge in [0.15, 0.2) is 17.5 Å². The van der Waals surface area contributed by atoms with Crippen molar-refractivity contribution in [1.29, 1.82) is 0 Å². The molecule has 0 N–H and O–H groups in total. The highest BCUT2D eigenvalue weighted by Gasteiger charge is 2.23. The summed E-state index contributed by atoms with van der Waals surface area (Å²) in [6.07, 6.45) is 0. The SMILES string of the molecule is c1ccc(-c2nc(-c3ccccc3)nc(-c3cc(-n4c5ccccc5c5cc6c(cc54)sc4ccccc46)cc4c3sc3ccc5c6ccccc6sc5c34)n2)cc1. The average Bonchev–Trinajstić information content (AvgIpc) is 4.04. The minimum Gasteiger partial charge on any atom is -0.309 e. The Kier molecular flexibility index (Phi) is 6.89. The fraction of sp³-hybridized carbons (Fsp3) is 0. The summed E-state index contributed by atoms with van der Waals surface area (Å²) in [4.78, 5) is 15.7. The van der Waals surface area contributed by atoms with Crippen LogP contribution in [0.1, 0.15) is 0 Å². The molecule has 0 aliphatic rings.